The van der Waals surface area contributed by atoms with Crippen LogP contribution in [-0.2, 0) is 13.1 Å². The van der Waals surface area contributed by atoms with E-state index in [4.69, 9.17) is 4.42 Å². The van der Waals surface area contributed by atoms with Gasteiger partial charge in [0.2, 0.25) is 0 Å². The van der Waals surface area contributed by atoms with E-state index in [0.717, 1.165) is 31.0 Å². The lowest BCUT2D eigenvalue weighted by molar-refractivity contribution is 0.132. The average molecular weight is 224 g/mol. The standard InChI is InChI=1S/C13H24N2O/c1-6-13(2,3)15(5)10-12-8-7-11(16-12)9-14-4/h7-8,14H,6,9-10H2,1-5H3. The summed E-state index contributed by atoms with van der Waals surface area (Å²) in [6.07, 6.45) is 1.13. The molecule has 0 aliphatic carbocycles. The third-order valence-corrected chi connectivity index (χ3v) is 3.36. The fraction of sp³-hybridized carbons (Fsp3) is 0.692. The molecular weight excluding hydrogens is 200 g/mol. The van der Waals surface area contributed by atoms with Crippen molar-refractivity contribution in [1.29, 1.82) is 0 Å². The quantitative estimate of drug-likeness (QED) is 0.805. The first kappa shape index (κ1) is 13.3. The molecule has 3 heteroatoms. The Morgan fingerprint density at radius 1 is 1.31 bits per heavy atom. The fourth-order valence-corrected chi connectivity index (χ4v) is 1.49. The van der Waals surface area contributed by atoms with E-state index in [2.05, 4.69) is 44.1 Å². The van der Waals surface area contributed by atoms with Gasteiger partial charge in [-0.25, -0.2) is 0 Å². The van der Waals surface area contributed by atoms with Gasteiger partial charge >= 0.3 is 0 Å². The molecular formula is C13H24N2O. The van der Waals surface area contributed by atoms with Crippen LogP contribution in [0.4, 0.5) is 0 Å². The molecule has 92 valence electrons. The fourth-order valence-electron chi connectivity index (χ4n) is 1.49. The summed E-state index contributed by atoms with van der Waals surface area (Å²) in [6.45, 7) is 8.38. The second kappa shape index (κ2) is 5.51. The number of rotatable bonds is 6. The summed E-state index contributed by atoms with van der Waals surface area (Å²) in [6, 6.07) is 4.10. The molecule has 0 unspecified atom stereocenters. The van der Waals surface area contributed by atoms with Crippen molar-refractivity contribution in [2.75, 3.05) is 14.1 Å². The van der Waals surface area contributed by atoms with E-state index in [-0.39, 0.29) is 5.54 Å². The molecule has 0 radical (unpaired) electrons. The highest BCUT2D eigenvalue weighted by atomic mass is 16.3. The normalized spacial score (nSPS) is 12.4. The van der Waals surface area contributed by atoms with E-state index in [9.17, 15) is 0 Å². The van der Waals surface area contributed by atoms with Crippen LogP contribution in [0.5, 0.6) is 0 Å². The van der Waals surface area contributed by atoms with Crippen LogP contribution in [0.2, 0.25) is 0 Å². The van der Waals surface area contributed by atoms with Crippen molar-refractivity contribution in [1.82, 2.24) is 10.2 Å². The maximum absolute atomic E-state index is 5.73. The highest BCUT2D eigenvalue weighted by Crippen LogP contribution is 2.20. The van der Waals surface area contributed by atoms with Gasteiger partial charge in [0.25, 0.3) is 0 Å². The summed E-state index contributed by atoms with van der Waals surface area (Å²) in [5, 5.41) is 3.08. The molecule has 0 saturated heterocycles. The molecule has 0 aromatic carbocycles. The van der Waals surface area contributed by atoms with Crippen LogP contribution < -0.4 is 5.32 Å². The van der Waals surface area contributed by atoms with Crippen molar-refractivity contribution in [3.05, 3.63) is 23.7 Å². The minimum Gasteiger partial charge on any atom is -0.463 e. The highest BCUT2D eigenvalue weighted by molar-refractivity contribution is 5.07. The first-order valence-electron chi connectivity index (χ1n) is 5.93. The third kappa shape index (κ3) is 3.35. The van der Waals surface area contributed by atoms with Gasteiger partial charge in [-0.05, 0) is 46.5 Å². The minimum atomic E-state index is 0.218. The largest absolute Gasteiger partial charge is 0.463 e. The van der Waals surface area contributed by atoms with Gasteiger partial charge in [-0.15, -0.1) is 0 Å². The van der Waals surface area contributed by atoms with Crippen LogP contribution in [0, 0.1) is 0 Å². The predicted octanol–water partition coefficient (Wildman–Crippen LogP) is 2.62. The zero-order valence-corrected chi connectivity index (χ0v) is 11.1. The number of hydrogen-bond acceptors (Lipinski definition) is 3. The lowest BCUT2D eigenvalue weighted by atomic mass is 10.00. The molecule has 0 bridgehead atoms. The maximum atomic E-state index is 5.73. The first-order valence-corrected chi connectivity index (χ1v) is 5.93. The zero-order chi connectivity index (χ0) is 12.2. The van der Waals surface area contributed by atoms with E-state index in [0.29, 0.717) is 0 Å². The molecule has 0 amide bonds. The third-order valence-electron chi connectivity index (χ3n) is 3.36. The summed E-state index contributed by atoms with van der Waals surface area (Å²) in [4.78, 5) is 2.33. The summed E-state index contributed by atoms with van der Waals surface area (Å²) in [5.41, 5.74) is 0.218. The zero-order valence-electron chi connectivity index (χ0n) is 11.1. The maximum Gasteiger partial charge on any atom is 0.118 e. The Balaban J connectivity index is 2.59. The molecule has 3 nitrogen and oxygen atoms in total. The summed E-state index contributed by atoms with van der Waals surface area (Å²) >= 11 is 0. The molecule has 1 aromatic heterocycles. The molecule has 16 heavy (non-hydrogen) atoms. The smallest absolute Gasteiger partial charge is 0.118 e. The van der Waals surface area contributed by atoms with E-state index in [1.54, 1.807) is 0 Å². The van der Waals surface area contributed by atoms with E-state index in [1.807, 2.05) is 13.1 Å². The monoisotopic (exact) mass is 224 g/mol. The van der Waals surface area contributed by atoms with Crippen molar-refractivity contribution >= 4 is 0 Å². The molecule has 0 aliphatic rings. The Bertz CT molecular complexity index is 317. The Morgan fingerprint density at radius 2 is 1.94 bits per heavy atom. The van der Waals surface area contributed by atoms with Crippen LogP contribution in [0.3, 0.4) is 0 Å². The van der Waals surface area contributed by atoms with Crippen molar-refractivity contribution in [3.63, 3.8) is 0 Å². The summed E-state index contributed by atoms with van der Waals surface area (Å²) in [7, 11) is 4.07. The molecule has 0 fully saturated rings. The molecule has 0 aliphatic heterocycles. The lowest BCUT2D eigenvalue weighted by Crippen LogP contribution is -2.39. The van der Waals surface area contributed by atoms with Gasteiger partial charge < -0.3 is 9.73 Å². The average Bonchev–Trinajstić information content (AvgIpc) is 2.66. The first-order chi connectivity index (χ1) is 7.49. The Kier molecular flexibility index (Phi) is 4.56. The summed E-state index contributed by atoms with van der Waals surface area (Å²) < 4.78 is 5.73. The van der Waals surface area contributed by atoms with Gasteiger partial charge in [-0.3, -0.25) is 4.90 Å². The van der Waals surface area contributed by atoms with Crippen molar-refractivity contribution in [2.24, 2.45) is 0 Å². The van der Waals surface area contributed by atoms with Crippen molar-refractivity contribution < 1.29 is 4.42 Å². The second-order valence-electron chi connectivity index (χ2n) is 4.92. The van der Waals surface area contributed by atoms with E-state index < -0.39 is 0 Å². The second-order valence-corrected chi connectivity index (χ2v) is 4.92. The Hall–Kier alpha value is -0.800. The lowest BCUT2D eigenvalue weighted by Gasteiger charge is -2.34. The van der Waals surface area contributed by atoms with E-state index >= 15 is 0 Å². The highest BCUT2D eigenvalue weighted by Gasteiger charge is 2.21. The van der Waals surface area contributed by atoms with Gasteiger partial charge in [-0.1, -0.05) is 6.92 Å². The van der Waals surface area contributed by atoms with Gasteiger partial charge in [-0.2, -0.15) is 0 Å². The number of nitrogens with one attached hydrogen (secondary N) is 1. The van der Waals surface area contributed by atoms with Crippen LogP contribution in [0.1, 0.15) is 38.7 Å². The minimum absolute atomic E-state index is 0.218. The number of furan rings is 1. The van der Waals surface area contributed by atoms with Crippen molar-refractivity contribution in [3.8, 4) is 0 Å². The molecule has 1 aromatic rings. The topological polar surface area (TPSA) is 28.4 Å². The van der Waals surface area contributed by atoms with Gasteiger partial charge in [0.15, 0.2) is 0 Å². The Morgan fingerprint density at radius 3 is 2.50 bits per heavy atom. The van der Waals surface area contributed by atoms with Crippen LogP contribution in [-0.4, -0.2) is 24.5 Å². The van der Waals surface area contributed by atoms with Gasteiger partial charge in [0.05, 0.1) is 13.1 Å². The number of hydrogen-bond donors (Lipinski definition) is 1. The molecule has 1 N–H and O–H groups in total. The van der Waals surface area contributed by atoms with Crippen LogP contribution in [0.15, 0.2) is 16.5 Å². The molecule has 1 heterocycles. The molecule has 0 spiro atoms. The van der Waals surface area contributed by atoms with Gasteiger partial charge in [0.1, 0.15) is 11.5 Å². The van der Waals surface area contributed by atoms with E-state index in [1.165, 1.54) is 0 Å². The molecule has 0 atom stereocenters. The van der Waals surface area contributed by atoms with Gasteiger partial charge in [0, 0.05) is 5.54 Å². The number of nitrogens with zero attached hydrogens (tertiary/aromatic N) is 1. The predicted molar refractivity (Wildman–Crippen MR) is 67.3 cm³/mol. The molecule has 0 saturated carbocycles. The SMILES string of the molecule is CCC(C)(C)N(C)Cc1ccc(CNC)o1. The Labute approximate surface area is 98.8 Å². The van der Waals surface area contributed by atoms with Crippen LogP contribution >= 0.6 is 0 Å². The molecule has 1 rings (SSSR count). The summed E-state index contributed by atoms with van der Waals surface area (Å²) in [5.74, 6) is 2.04. The van der Waals surface area contributed by atoms with Crippen molar-refractivity contribution in [2.45, 2.75) is 45.8 Å². The van der Waals surface area contributed by atoms with Crippen LogP contribution in [0.25, 0.3) is 0 Å².